The maximum atomic E-state index is 12.8. The van der Waals surface area contributed by atoms with Gasteiger partial charge in [-0.1, -0.05) is 6.07 Å². The Kier molecular flexibility index (Phi) is 7.49. The Labute approximate surface area is 218 Å². The van der Waals surface area contributed by atoms with Crippen molar-refractivity contribution in [3.63, 3.8) is 0 Å². The van der Waals surface area contributed by atoms with E-state index in [9.17, 15) is 20.2 Å². The van der Waals surface area contributed by atoms with E-state index in [0.29, 0.717) is 17.2 Å². The molecule has 0 aliphatic heterocycles. The first kappa shape index (κ1) is 25.7. The van der Waals surface area contributed by atoms with Gasteiger partial charge >= 0.3 is 0 Å². The molecule has 0 unspecified atom stereocenters. The average molecular weight is 510 g/mol. The molecular formula is C28H23N5O5. The number of pyridine rings is 1. The van der Waals surface area contributed by atoms with Gasteiger partial charge in [0.05, 0.1) is 12.0 Å². The van der Waals surface area contributed by atoms with Crippen LogP contribution in [0.25, 0.3) is 11.8 Å². The smallest absolute Gasteiger partial charge is 0.287 e. The predicted octanol–water partition coefficient (Wildman–Crippen LogP) is 5.74. The van der Waals surface area contributed by atoms with Crippen LogP contribution in [0.4, 0.5) is 11.4 Å². The third-order valence-electron chi connectivity index (χ3n) is 5.71. The first-order chi connectivity index (χ1) is 18.3. The molecule has 2 aromatic heterocycles. The van der Waals surface area contributed by atoms with Crippen molar-refractivity contribution >= 4 is 23.4 Å². The molecule has 2 aromatic carbocycles. The van der Waals surface area contributed by atoms with E-state index >= 15 is 0 Å². The van der Waals surface area contributed by atoms with Gasteiger partial charge in [0.15, 0.2) is 0 Å². The van der Waals surface area contributed by atoms with Gasteiger partial charge in [0, 0.05) is 41.0 Å². The van der Waals surface area contributed by atoms with Crippen LogP contribution >= 0.6 is 0 Å². The number of carbonyl (C=O) groups is 1. The molecule has 0 atom stereocenters. The number of nitro groups is 1. The molecule has 0 saturated heterocycles. The summed E-state index contributed by atoms with van der Waals surface area (Å²) >= 11 is 0. The lowest BCUT2D eigenvalue weighted by atomic mass is 10.1. The summed E-state index contributed by atoms with van der Waals surface area (Å²) in [5, 5.41) is 23.2. The van der Waals surface area contributed by atoms with Crippen LogP contribution in [0.15, 0.2) is 78.5 Å². The lowest BCUT2D eigenvalue weighted by molar-refractivity contribution is -0.385. The summed E-state index contributed by atoms with van der Waals surface area (Å²) in [7, 11) is 1.54. The highest BCUT2D eigenvalue weighted by Crippen LogP contribution is 2.27. The van der Waals surface area contributed by atoms with Crippen molar-refractivity contribution in [1.82, 2.24) is 9.55 Å². The summed E-state index contributed by atoms with van der Waals surface area (Å²) in [5.74, 6) is 0.820. The molecule has 4 rings (SSSR count). The monoisotopic (exact) mass is 509 g/mol. The van der Waals surface area contributed by atoms with Gasteiger partial charge in [-0.05, 0) is 68.0 Å². The summed E-state index contributed by atoms with van der Waals surface area (Å²) in [4.78, 5) is 27.0. The van der Waals surface area contributed by atoms with E-state index in [1.807, 2.05) is 42.7 Å². The number of nitriles is 1. The Balaban J connectivity index is 1.53. The summed E-state index contributed by atoms with van der Waals surface area (Å²) in [6.45, 7) is 3.83. The summed E-state index contributed by atoms with van der Waals surface area (Å²) in [5.41, 5.74) is 3.70. The largest absolute Gasteiger partial charge is 0.497 e. The van der Waals surface area contributed by atoms with E-state index in [2.05, 4.69) is 10.3 Å². The van der Waals surface area contributed by atoms with Gasteiger partial charge in [-0.2, -0.15) is 5.26 Å². The minimum atomic E-state index is -0.524. The van der Waals surface area contributed by atoms with Gasteiger partial charge < -0.3 is 19.4 Å². The van der Waals surface area contributed by atoms with Gasteiger partial charge in [-0.3, -0.25) is 14.9 Å². The van der Waals surface area contributed by atoms with Crippen LogP contribution in [-0.2, 0) is 4.79 Å². The van der Waals surface area contributed by atoms with Crippen molar-refractivity contribution in [2.24, 2.45) is 0 Å². The molecular weight excluding hydrogens is 486 g/mol. The highest BCUT2D eigenvalue weighted by Gasteiger charge is 2.15. The van der Waals surface area contributed by atoms with Crippen LogP contribution in [0.2, 0.25) is 0 Å². The fraction of sp³-hybridized carbons (Fsp3) is 0.107. The van der Waals surface area contributed by atoms with Crippen LogP contribution in [0.1, 0.15) is 17.0 Å². The van der Waals surface area contributed by atoms with Gasteiger partial charge in [0.2, 0.25) is 5.88 Å². The Bertz CT molecular complexity index is 1560. The zero-order valence-electron chi connectivity index (χ0n) is 20.8. The van der Waals surface area contributed by atoms with Gasteiger partial charge in [-0.15, -0.1) is 0 Å². The van der Waals surface area contributed by atoms with Crippen molar-refractivity contribution in [3.05, 3.63) is 106 Å². The standard InChI is InChI=1S/C28H23N5O5/c1-18-13-20(14-21(16-29)28(34)31-22-5-4-6-26(15-22)37-3)19(2)32(18)23-7-10-25(11-8-23)38-27-12-9-24(17-30-27)33(35)36/h4-15,17H,1-3H3,(H,31,34)/b21-14+. The summed E-state index contributed by atoms with van der Waals surface area (Å²) < 4.78 is 12.9. The second kappa shape index (κ2) is 11.1. The molecule has 0 spiro atoms. The highest BCUT2D eigenvalue weighted by molar-refractivity contribution is 6.09. The number of rotatable bonds is 8. The molecule has 10 heteroatoms. The van der Waals surface area contributed by atoms with Crippen LogP contribution < -0.4 is 14.8 Å². The van der Waals surface area contributed by atoms with Crippen molar-refractivity contribution in [2.45, 2.75) is 13.8 Å². The fourth-order valence-corrected chi connectivity index (χ4v) is 3.86. The molecule has 2 heterocycles. The lowest BCUT2D eigenvalue weighted by Gasteiger charge is -2.11. The number of hydrogen-bond donors (Lipinski definition) is 1. The Hall–Kier alpha value is -5.43. The number of nitrogens with one attached hydrogen (secondary N) is 1. The molecule has 4 aromatic rings. The number of hydrogen-bond acceptors (Lipinski definition) is 7. The van der Waals surface area contributed by atoms with Crippen molar-refractivity contribution in [2.75, 3.05) is 12.4 Å². The number of amides is 1. The highest BCUT2D eigenvalue weighted by atomic mass is 16.6. The van der Waals surface area contributed by atoms with Crippen molar-refractivity contribution in [3.8, 4) is 29.1 Å². The van der Waals surface area contributed by atoms with Gasteiger partial charge in [-0.25, -0.2) is 4.98 Å². The topological polar surface area (TPSA) is 132 Å². The maximum Gasteiger partial charge on any atom is 0.287 e. The maximum absolute atomic E-state index is 12.8. The molecule has 0 aliphatic carbocycles. The number of aryl methyl sites for hydroxylation is 1. The number of carbonyl (C=O) groups excluding carboxylic acids is 1. The zero-order chi connectivity index (χ0) is 27.2. The number of methoxy groups -OCH3 is 1. The minimum absolute atomic E-state index is 0.0348. The van der Waals surface area contributed by atoms with Crippen LogP contribution in [0.5, 0.6) is 17.4 Å². The third kappa shape index (κ3) is 5.68. The summed E-state index contributed by atoms with van der Waals surface area (Å²) in [6, 6.07) is 20.8. The Morgan fingerprint density at radius 2 is 1.87 bits per heavy atom. The van der Waals surface area contributed by atoms with Crippen LogP contribution in [-0.4, -0.2) is 27.5 Å². The first-order valence-electron chi connectivity index (χ1n) is 11.4. The van der Waals surface area contributed by atoms with E-state index in [4.69, 9.17) is 9.47 Å². The molecule has 0 aliphatic rings. The lowest BCUT2D eigenvalue weighted by Crippen LogP contribution is -2.13. The molecule has 0 saturated carbocycles. The van der Waals surface area contributed by atoms with Crippen molar-refractivity contribution in [1.29, 1.82) is 5.26 Å². The normalized spacial score (nSPS) is 10.9. The number of anilines is 1. The number of ether oxygens (including phenoxy) is 2. The summed E-state index contributed by atoms with van der Waals surface area (Å²) in [6.07, 6.45) is 2.70. The minimum Gasteiger partial charge on any atom is -0.497 e. The molecule has 0 radical (unpaired) electrons. The molecule has 10 nitrogen and oxygen atoms in total. The van der Waals surface area contributed by atoms with Crippen LogP contribution in [0.3, 0.4) is 0 Å². The third-order valence-corrected chi connectivity index (χ3v) is 5.71. The molecule has 1 N–H and O–H groups in total. The van der Waals surface area contributed by atoms with E-state index < -0.39 is 10.8 Å². The van der Waals surface area contributed by atoms with Crippen molar-refractivity contribution < 1.29 is 19.2 Å². The molecule has 1 amide bonds. The number of benzene rings is 2. The molecule has 0 bridgehead atoms. The van der Waals surface area contributed by atoms with E-state index in [-0.39, 0.29) is 17.1 Å². The van der Waals surface area contributed by atoms with E-state index in [0.717, 1.165) is 28.8 Å². The SMILES string of the molecule is COc1cccc(NC(=O)/C(C#N)=C/c2cc(C)n(-c3ccc(Oc4ccc([N+](=O)[O-])cn4)cc3)c2C)c1. The second-order valence-electron chi connectivity index (χ2n) is 8.23. The van der Waals surface area contributed by atoms with Crippen LogP contribution in [0, 0.1) is 35.3 Å². The molecule has 190 valence electrons. The van der Waals surface area contributed by atoms with Gasteiger partial charge in [0.1, 0.15) is 29.3 Å². The van der Waals surface area contributed by atoms with E-state index in [1.165, 1.54) is 19.2 Å². The average Bonchev–Trinajstić information content (AvgIpc) is 3.20. The first-order valence-corrected chi connectivity index (χ1v) is 11.4. The number of nitrogens with zero attached hydrogens (tertiary/aromatic N) is 4. The molecule has 38 heavy (non-hydrogen) atoms. The quantitative estimate of drug-likeness (QED) is 0.138. The fourth-order valence-electron chi connectivity index (χ4n) is 3.86. The Morgan fingerprint density at radius 1 is 1.11 bits per heavy atom. The second-order valence-corrected chi connectivity index (χ2v) is 8.23. The zero-order valence-corrected chi connectivity index (χ0v) is 20.8. The number of aromatic nitrogens is 2. The van der Waals surface area contributed by atoms with E-state index in [1.54, 1.807) is 42.5 Å². The van der Waals surface area contributed by atoms with Gasteiger partial charge in [0.25, 0.3) is 11.6 Å². The molecule has 0 fully saturated rings. The predicted molar refractivity (Wildman–Crippen MR) is 141 cm³/mol. The Morgan fingerprint density at radius 3 is 2.50 bits per heavy atom.